The van der Waals surface area contributed by atoms with Gasteiger partial charge in [0.05, 0.1) is 12.7 Å². The SMILES string of the molecule is CCOc1cccc(/C=C(\C#N)C(=O)OC(C)C)c1. The molecule has 0 aliphatic carbocycles. The van der Waals surface area contributed by atoms with Gasteiger partial charge >= 0.3 is 5.97 Å². The Labute approximate surface area is 113 Å². The molecule has 0 amide bonds. The molecular formula is C15H17NO3. The molecule has 0 bridgehead atoms. The first-order valence-corrected chi connectivity index (χ1v) is 6.12. The highest BCUT2D eigenvalue weighted by Crippen LogP contribution is 2.16. The normalized spacial score (nSPS) is 11.0. The number of ether oxygens (including phenoxy) is 2. The Morgan fingerprint density at radius 2 is 2.21 bits per heavy atom. The third-order valence-corrected chi connectivity index (χ3v) is 2.16. The van der Waals surface area contributed by atoms with Crippen LogP contribution in [0.15, 0.2) is 29.8 Å². The lowest BCUT2D eigenvalue weighted by molar-refractivity contribution is -0.142. The van der Waals surface area contributed by atoms with Gasteiger partial charge in [0.2, 0.25) is 0 Å². The first kappa shape index (κ1) is 14.8. The summed E-state index contributed by atoms with van der Waals surface area (Å²) in [6, 6.07) is 9.04. The van der Waals surface area contributed by atoms with Crippen molar-refractivity contribution in [3.8, 4) is 11.8 Å². The van der Waals surface area contributed by atoms with E-state index in [0.29, 0.717) is 12.4 Å². The van der Waals surface area contributed by atoms with Crippen molar-refractivity contribution in [1.29, 1.82) is 5.26 Å². The van der Waals surface area contributed by atoms with E-state index in [-0.39, 0.29) is 11.7 Å². The number of benzene rings is 1. The quantitative estimate of drug-likeness (QED) is 0.463. The smallest absolute Gasteiger partial charge is 0.349 e. The zero-order valence-corrected chi connectivity index (χ0v) is 11.3. The van der Waals surface area contributed by atoms with Gasteiger partial charge in [-0.15, -0.1) is 0 Å². The van der Waals surface area contributed by atoms with Crippen molar-refractivity contribution in [1.82, 2.24) is 0 Å². The van der Waals surface area contributed by atoms with E-state index in [2.05, 4.69) is 0 Å². The lowest BCUT2D eigenvalue weighted by atomic mass is 10.1. The van der Waals surface area contributed by atoms with Crippen molar-refractivity contribution >= 4 is 12.0 Å². The van der Waals surface area contributed by atoms with Gasteiger partial charge in [-0.25, -0.2) is 4.79 Å². The van der Waals surface area contributed by atoms with Gasteiger partial charge in [-0.05, 0) is 44.5 Å². The Morgan fingerprint density at radius 3 is 2.79 bits per heavy atom. The van der Waals surface area contributed by atoms with E-state index >= 15 is 0 Å². The predicted molar refractivity (Wildman–Crippen MR) is 72.4 cm³/mol. The standard InChI is InChI=1S/C15H17NO3/c1-4-18-14-7-5-6-12(9-14)8-13(10-16)15(17)19-11(2)3/h5-9,11H,4H2,1-3H3/b13-8+. The molecule has 100 valence electrons. The fraction of sp³-hybridized carbons (Fsp3) is 0.333. The van der Waals surface area contributed by atoms with Crippen LogP contribution in [0.1, 0.15) is 26.3 Å². The van der Waals surface area contributed by atoms with Crippen molar-refractivity contribution < 1.29 is 14.3 Å². The second-order valence-electron chi connectivity index (χ2n) is 4.13. The maximum atomic E-state index is 11.7. The van der Waals surface area contributed by atoms with E-state index in [1.807, 2.05) is 19.1 Å². The summed E-state index contributed by atoms with van der Waals surface area (Å²) >= 11 is 0. The second-order valence-corrected chi connectivity index (χ2v) is 4.13. The molecule has 0 aliphatic rings. The molecule has 0 radical (unpaired) electrons. The molecule has 0 N–H and O–H groups in total. The van der Waals surface area contributed by atoms with Crippen LogP contribution in [-0.4, -0.2) is 18.7 Å². The maximum Gasteiger partial charge on any atom is 0.349 e. The van der Waals surface area contributed by atoms with Crippen LogP contribution in [0.2, 0.25) is 0 Å². The highest BCUT2D eigenvalue weighted by atomic mass is 16.5. The first-order chi connectivity index (χ1) is 9.06. The van der Waals surface area contributed by atoms with Gasteiger partial charge in [-0.2, -0.15) is 5.26 Å². The van der Waals surface area contributed by atoms with Crippen LogP contribution in [0.3, 0.4) is 0 Å². The Hall–Kier alpha value is -2.28. The van der Waals surface area contributed by atoms with Crippen LogP contribution < -0.4 is 4.74 Å². The first-order valence-electron chi connectivity index (χ1n) is 6.12. The van der Waals surface area contributed by atoms with E-state index in [9.17, 15) is 4.79 Å². The molecule has 0 unspecified atom stereocenters. The van der Waals surface area contributed by atoms with Crippen molar-refractivity contribution in [2.75, 3.05) is 6.61 Å². The number of hydrogen-bond acceptors (Lipinski definition) is 4. The molecule has 0 spiro atoms. The number of carbonyl (C=O) groups excluding carboxylic acids is 1. The monoisotopic (exact) mass is 259 g/mol. The van der Waals surface area contributed by atoms with Gasteiger partial charge in [0.15, 0.2) is 0 Å². The Morgan fingerprint density at radius 1 is 1.47 bits per heavy atom. The molecule has 0 aromatic heterocycles. The van der Waals surface area contributed by atoms with Crippen LogP contribution in [0.4, 0.5) is 0 Å². The van der Waals surface area contributed by atoms with Gasteiger partial charge in [0.1, 0.15) is 17.4 Å². The van der Waals surface area contributed by atoms with E-state index in [1.165, 1.54) is 6.08 Å². The minimum absolute atomic E-state index is 0.0256. The highest BCUT2D eigenvalue weighted by Gasteiger charge is 2.12. The van der Waals surface area contributed by atoms with Gasteiger partial charge < -0.3 is 9.47 Å². The summed E-state index contributed by atoms with van der Waals surface area (Å²) in [5, 5.41) is 8.99. The van der Waals surface area contributed by atoms with Gasteiger partial charge in [0.25, 0.3) is 0 Å². The van der Waals surface area contributed by atoms with Gasteiger partial charge in [-0.1, -0.05) is 12.1 Å². The molecule has 4 nitrogen and oxygen atoms in total. The average molecular weight is 259 g/mol. The lowest BCUT2D eigenvalue weighted by Crippen LogP contribution is -2.12. The number of carbonyl (C=O) groups is 1. The largest absolute Gasteiger partial charge is 0.494 e. The molecule has 1 rings (SSSR count). The molecular weight excluding hydrogens is 242 g/mol. The van der Waals surface area contributed by atoms with Crippen molar-refractivity contribution in [2.24, 2.45) is 0 Å². The highest BCUT2D eigenvalue weighted by molar-refractivity contribution is 5.98. The van der Waals surface area contributed by atoms with Crippen LogP contribution in [0.25, 0.3) is 6.08 Å². The molecule has 0 heterocycles. The third kappa shape index (κ3) is 4.84. The molecule has 0 fully saturated rings. The molecule has 4 heteroatoms. The van der Waals surface area contributed by atoms with E-state index in [1.54, 1.807) is 32.0 Å². The summed E-state index contributed by atoms with van der Waals surface area (Å²) in [5.41, 5.74) is 0.700. The Balaban J connectivity index is 2.95. The van der Waals surface area contributed by atoms with Gasteiger partial charge in [-0.3, -0.25) is 0 Å². The minimum atomic E-state index is -0.612. The van der Waals surface area contributed by atoms with E-state index < -0.39 is 5.97 Å². The third-order valence-electron chi connectivity index (χ3n) is 2.16. The van der Waals surface area contributed by atoms with Crippen LogP contribution in [-0.2, 0) is 9.53 Å². The number of nitrogens with zero attached hydrogens (tertiary/aromatic N) is 1. The summed E-state index contributed by atoms with van der Waals surface area (Å²) in [6.45, 7) is 5.93. The van der Waals surface area contributed by atoms with Gasteiger partial charge in [0, 0.05) is 0 Å². The van der Waals surface area contributed by atoms with E-state index in [4.69, 9.17) is 14.7 Å². The fourth-order valence-corrected chi connectivity index (χ4v) is 1.44. The second kappa shape index (κ2) is 7.22. The zero-order chi connectivity index (χ0) is 14.3. The molecule has 19 heavy (non-hydrogen) atoms. The predicted octanol–water partition coefficient (Wildman–Crippen LogP) is 2.94. The van der Waals surface area contributed by atoms with Crippen molar-refractivity contribution in [3.63, 3.8) is 0 Å². The number of esters is 1. The Kier molecular flexibility index (Phi) is 5.62. The van der Waals surface area contributed by atoms with Crippen LogP contribution >= 0.6 is 0 Å². The molecule has 1 aromatic rings. The molecule has 0 atom stereocenters. The van der Waals surface area contributed by atoms with Crippen LogP contribution in [0, 0.1) is 11.3 Å². The summed E-state index contributed by atoms with van der Waals surface area (Å²) in [6.07, 6.45) is 1.24. The minimum Gasteiger partial charge on any atom is -0.494 e. The molecule has 0 saturated heterocycles. The number of nitriles is 1. The van der Waals surface area contributed by atoms with Crippen LogP contribution in [0.5, 0.6) is 5.75 Å². The maximum absolute atomic E-state index is 11.7. The lowest BCUT2D eigenvalue weighted by Gasteiger charge is -2.07. The fourth-order valence-electron chi connectivity index (χ4n) is 1.44. The van der Waals surface area contributed by atoms with Crippen molar-refractivity contribution in [3.05, 3.63) is 35.4 Å². The topological polar surface area (TPSA) is 59.3 Å². The molecule has 1 aromatic carbocycles. The summed E-state index contributed by atoms with van der Waals surface area (Å²) in [7, 11) is 0. The van der Waals surface area contributed by atoms with Crippen molar-refractivity contribution in [2.45, 2.75) is 26.9 Å². The summed E-state index contributed by atoms with van der Waals surface area (Å²) < 4.78 is 10.4. The summed E-state index contributed by atoms with van der Waals surface area (Å²) in [4.78, 5) is 11.7. The molecule has 0 aliphatic heterocycles. The number of rotatable bonds is 5. The average Bonchev–Trinajstić information content (AvgIpc) is 2.36. The van der Waals surface area contributed by atoms with E-state index in [0.717, 1.165) is 5.56 Å². The molecule has 0 saturated carbocycles. The number of hydrogen-bond donors (Lipinski definition) is 0. The summed E-state index contributed by atoms with van der Waals surface area (Å²) in [5.74, 6) is 0.0880. The zero-order valence-electron chi connectivity index (χ0n) is 11.3. The Bertz CT molecular complexity index is 512.